The van der Waals surface area contributed by atoms with Crippen molar-refractivity contribution in [3.8, 4) is 5.75 Å². The molecule has 23 heavy (non-hydrogen) atoms. The van der Waals surface area contributed by atoms with Gasteiger partial charge in [0.25, 0.3) is 0 Å². The quantitative estimate of drug-likeness (QED) is 0.616. The lowest BCUT2D eigenvalue weighted by molar-refractivity contribution is 0.415. The third-order valence-corrected chi connectivity index (χ3v) is 5.11. The number of nitrogens with zero attached hydrogens (tertiary/aromatic N) is 2. The Balaban J connectivity index is 1.89. The predicted octanol–water partition coefficient (Wildman–Crippen LogP) is 2.19. The molecular weight excluding hydrogens is 308 g/mol. The summed E-state index contributed by atoms with van der Waals surface area (Å²) in [6.45, 7) is 5.11. The lowest BCUT2D eigenvalue weighted by Crippen LogP contribution is -2.46. The number of ether oxygens (including phenoxy) is 1. The van der Waals surface area contributed by atoms with Crippen LogP contribution in [0.3, 0.4) is 0 Å². The predicted molar refractivity (Wildman–Crippen MR) is 101 cm³/mol. The molecule has 1 fully saturated rings. The number of hydrogen-bond donors (Lipinski definition) is 2. The van der Waals surface area contributed by atoms with Gasteiger partial charge in [-0.2, -0.15) is 11.8 Å². The Bertz CT molecular complexity index is 523. The molecule has 1 saturated heterocycles. The van der Waals surface area contributed by atoms with E-state index in [1.807, 2.05) is 30.9 Å². The van der Waals surface area contributed by atoms with Crippen LogP contribution in [-0.4, -0.2) is 57.3 Å². The highest BCUT2D eigenvalue weighted by Crippen LogP contribution is 2.30. The highest BCUT2D eigenvalue weighted by molar-refractivity contribution is 7.99. The fourth-order valence-electron chi connectivity index (χ4n) is 2.70. The molecule has 0 saturated carbocycles. The number of para-hydroxylation sites is 2. The molecule has 1 aromatic rings. The van der Waals surface area contributed by atoms with Crippen LogP contribution >= 0.6 is 11.8 Å². The van der Waals surface area contributed by atoms with Gasteiger partial charge in [0, 0.05) is 38.0 Å². The Kier molecular flexibility index (Phi) is 6.89. The second kappa shape index (κ2) is 8.91. The maximum Gasteiger partial charge on any atom is 0.191 e. The molecule has 0 bridgehead atoms. The molecule has 0 aromatic heterocycles. The summed E-state index contributed by atoms with van der Waals surface area (Å²) in [4.78, 5) is 6.70. The van der Waals surface area contributed by atoms with Crippen molar-refractivity contribution < 1.29 is 4.74 Å². The molecular formula is C17H28N4OS. The zero-order valence-corrected chi connectivity index (χ0v) is 15.3. The number of thioether (sulfide) groups is 1. The van der Waals surface area contributed by atoms with Crippen molar-refractivity contribution in [2.24, 2.45) is 4.99 Å². The molecule has 0 aliphatic carbocycles. The van der Waals surface area contributed by atoms with E-state index in [-0.39, 0.29) is 0 Å². The van der Waals surface area contributed by atoms with E-state index in [9.17, 15) is 0 Å². The average Bonchev–Trinajstić information content (AvgIpc) is 3.06. The number of anilines is 1. The molecule has 5 nitrogen and oxygen atoms in total. The summed E-state index contributed by atoms with van der Waals surface area (Å²) < 4.78 is 5.47. The number of aliphatic imine (C=N–C) groups is 1. The smallest absolute Gasteiger partial charge is 0.191 e. The van der Waals surface area contributed by atoms with Crippen LogP contribution in [0.15, 0.2) is 29.3 Å². The van der Waals surface area contributed by atoms with Crippen LogP contribution in [0.1, 0.15) is 13.3 Å². The summed E-state index contributed by atoms with van der Waals surface area (Å²) in [7, 11) is 3.55. The largest absolute Gasteiger partial charge is 0.495 e. The van der Waals surface area contributed by atoms with E-state index in [1.165, 1.54) is 5.69 Å². The van der Waals surface area contributed by atoms with Crippen molar-refractivity contribution in [1.82, 2.24) is 10.6 Å². The van der Waals surface area contributed by atoms with Gasteiger partial charge in [-0.25, -0.2) is 0 Å². The second-order valence-corrected chi connectivity index (χ2v) is 7.02. The van der Waals surface area contributed by atoms with E-state index in [4.69, 9.17) is 4.74 Å². The Hall–Kier alpha value is -1.56. The zero-order chi connectivity index (χ0) is 16.7. The van der Waals surface area contributed by atoms with E-state index in [0.717, 1.165) is 37.8 Å². The van der Waals surface area contributed by atoms with Crippen molar-refractivity contribution in [3.63, 3.8) is 0 Å². The number of guanidine groups is 1. The lowest BCUT2D eigenvalue weighted by Gasteiger charge is -2.22. The molecule has 2 atom stereocenters. The molecule has 0 spiro atoms. The van der Waals surface area contributed by atoms with Crippen LogP contribution in [0.25, 0.3) is 0 Å². The third-order valence-electron chi connectivity index (χ3n) is 4.14. The monoisotopic (exact) mass is 336 g/mol. The van der Waals surface area contributed by atoms with Crippen molar-refractivity contribution in [1.29, 1.82) is 0 Å². The first kappa shape index (κ1) is 17.8. The summed E-state index contributed by atoms with van der Waals surface area (Å²) in [6.07, 6.45) is 3.22. The first-order valence-corrected chi connectivity index (χ1v) is 9.34. The fourth-order valence-corrected chi connectivity index (χ4v) is 2.95. The lowest BCUT2D eigenvalue weighted by atomic mass is 10.2. The van der Waals surface area contributed by atoms with Crippen LogP contribution in [0.5, 0.6) is 5.75 Å². The van der Waals surface area contributed by atoms with Crippen molar-refractivity contribution >= 4 is 23.4 Å². The Morgan fingerprint density at radius 2 is 2.26 bits per heavy atom. The SMILES string of the molecule is CN=C(NCC(C)SC)NC1CCN(c2ccccc2OC)C1. The average molecular weight is 337 g/mol. The molecule has 1 aliphatic heterocycles. The van der Waals surface area contributed by atoms with E-state index in [1.54, 1.807) is 7.11 Å². The van der Waals surface area contributed by atoms with Crippen molar-refractivity contribution in [3.05, 3.63) is 24.3 Å². The summed E-state index contributed by atoms with van der Waals surface area (Å²) >= 11 is 1.85. The maximum absolute atomic E-state index is 5.47. The van der Waals surface area contributed by atoms with Crippen LogP contribution in [-0.2, 0) is 0 Å². The van der Waals surface area contributed by atoms with Gasteiger partial charge in [0.1, 0.15) is 5.75 Å². The Morgan fingerprint density at radius 3 is 2.96 bits per heavy atom. The molecule has 128 valence electrons. The van der Waals surface area contributed by atoms with Gasteiger partial charge >= 0.3 is 0 Å². The van der Waals surface area contributed by atoms with Crippen LogP contribution in [0, 0.1) is 0 Å². The third kappa shape index (κ3) is 4.96. The number of methoxy groups -OCH3 is 1. The minimum Gasteiger partial charge on any atom is -0.495 e. The Labute approximate surface area is 143 Å². The zero-order valence-electron chi connectivity index (χ0n) is 14.5. The van der Waals surface area contributed by atoms with Gasteiger partial charge in [0.05, 0.1) is 12.8 Å². The van der Waals surface area contributed by atoms with Crippen LogP contribution < -0.4 is 20.3 Å². The second-order valence-electron chi connectivity index (χ2n) is 5.75. The minimum absolute atomic E-state index is 0.399. The number of nitrogens with one attached hydrogen (secondary N) is 2. The van der Waals surface area contributed by atoms with Crippen molar-refractivity contribution in [2.45, 2.75) is 24.6 Å². The summed E-state index contributed by atoms with van der Waals surface area (Å²) in [5, 5.41) is 7.50. The minimum atomic E-state index is 0.399. The highest BCUT2D eigenvalue weighted by atomic mass is 32.2. The van der Waals surface area contributed by atoms with Gasteiger partial charge in [0.15, 0.2) is 5.96 Å². The topological polar surface area (TPSA) is 48.9 Å². The summed E-state index contributed by atoms with van der Waals surface area (Å²) in [5.74, 6) is 1.82. The number of rotatable bonds is 6. The Morgan fingerprint density at radius 1 is 1.48 bits per heavy atom. The normalized spacial score (nSPS) is 19.6. The first-order chi connectivity index (χ1) is 11.2. The molecule has 6 heteroatoms. The maximum atomic E-state index is 5.47. The molecule has 1 aromatic carbocycles. The van der Waals surface area contributed by atoms with E-state index >= 15 is 0 Å². The summed E-state index contributed by atoms with van der Waals surface area (Å²) in [6, 6.07) is 8.60. The van der Waals surface area contributed by atoms with Crippen LogP contribution in [0.4, 0.5) is 5.69 Å². The molecule has 0 radical (unpaired) electrons. The number of benzene rings is 1. The van der Waals surface area contributed by atoms with Crippen molar-refractivity contribution in [2.75, 3.05) is 44.9 Å². The van der Waals surface area contributed by atoms with Gasteiger partial charge < -0.3 is 20.3 Å². The van der Waals surface area contributed by atoms with Crippen LogP contribution in [0.2, 0.25) is 0 Å². The molecule has 2 N–H and O–H groups in total. The molecule has 1 heterocycles. The number of hydrogen-bond acceptors (Lipinski definition) is 4. The first-order valence-electron chi connectivity index (χ1n) is 8.05. The van der Waals surface area contributed by atoms with E-state index < -0.39 is 0 Å². The summed E-state index contributed by atoms with van der Waals surface area (Å²) in [5.41, 5.74) is 1.17. The molecule has 0 amide bonds. The van der Waals surface area contributed by atoms with Gasteiger partial charge in [-0.3, -0.25) is 4.99 Å². The molecule has 2 unspecified atom stereocenters. The highest BCUT2D eigenvalue weighted by Gasteiger charge is 2.25. The fraction of sp³-hybridized carbons (Fsp3) is 0.588. The van der Waals surface area contributed by atoms with E-state index in [2.05, 4.69) is 45.8 Å². The van der Waals surface area contributed by atoms with Gasteiger partial charge in [-0.05, 0) is 24.8 Å². The van der Waals surface area contributed by atoms with Gasteiger partial charge in [-0.15, -0.1) is 0 Å². The van der Waals surface area contributed by atoms with Gasteiger partial charge in [0.2, 0.25) is 0 Å². The standard InChI is InChI=1S/C17H28N4OS/c1-13(23-4)11-19-17(18-2)20-14-9-10-21(12-14)15-7-5-6-8-16(15)22-3/h5-8,13-14H,9-12H2,1-4H3,(H2,18,19,20). The molecule has 2 rings (SSSR count). The van der Waals surface area contributed by atoms with E-state index in [0.29, 0.717) is 11.3 Å². The molecule has 1 aliphatic rings. The van der Waals surface area contributed by atoms with Gasteiger partial charge in [-0.1, -0.05) is 19.1 Å².